The number of hydrogen-bond donors (Lipinski definition) is 1. The largest absolute Gasteiger partial charge is 0.497 e. The van der Waals surface area contributed by atoms with Gasteiger partial charge in [-0.05, 0) is 56.9 Å². The van der Waals surface area contributed by atoms with Crippen molar-refractivity contribution in [2.24, 2.45) is 0 Å². The first kappa shape index (κ1) is 16.4. The Hall–Kier alpha value is -2.83. The van der Waals surface area contributed by atoms with E-state index in [0.29, 0.717) is 23.8 Å². The summed E-state index contributed by atoms with van der Waals surface area (Å²) in [5.41, 5.74) is 3.47. The third-order valence-electron chi connectivity index (χ3n) is 5.76. The lowest BCUT2D eigenvalue weighted by molar-refractivity contribution is 0.322. The zero-order valence-electron chi connectivity index (χ0n) is 15.6. The number of anilines is 1. The summed E-state index contributed by atoms with van der Waals surface area (Å²) >= 11 is 0. The third-order valence-corrected chi connectivity index (χ3v) is 5.76. The van der Waals surface area contributed by atoms with Crippen molar-refractivity contribution in [1.82, 2.24) is 20.1 Å². The van der Waals surface area contributed by atoms with Crippen molar-refractivity contribution >= 4 is 6.01 Å². The highest BCUT2D eigenvalue weighted by Crippen LogP contribution is 2.41. The Bertz CT molecular complexity index is 946. The maximum atomic E-state index is 5.66. The molecule has 3 aromatic rings. The number of methoxy groups -OCH3 is 1. The van der Waals surface area contributed by atoms with Gasteiger partial charge < -0.3 is 19.1 Å². The van der Waals surface area contributed by atoms with E-state index in [1.54, 1.807) is 7.11 Å². The zero-order valence-corrected chi connectivity index (χ0v) is 15.6. The third kappa shape index (κ3) is 2.78. The number of fused-ring (bicyclic) bond motifs is 3. The predicted octanol–water partition coefficient (Wildman–Crippen LogP) is 3.48. The topological polar surface area (TPSA) is 80.1 Å². The molecule has 0 unspecified atom stereocenters. The average Bonchev–Trinajstić information content (AvgIpc) is 3.34. The lowest BCUT2D eigenvalue weighted by atomic mass is 9.79. The van der Waals surface area contributed by atoms with Gasteiger partial charge in [-0.1, -0.05) is 5.16 Å². The molecule has 2 aliphatic rings. The van der Waals surface area contributed by atoms with Crippen LogP contribution >= 0.6 is 0 Å². The van der Waals surface area contributed by atoms with Crippen LogP contribution in [0.15, 0.2) is 28.8 Å². The number of H-pyrrole nitrogens is 1. The molecule has 7 heteroatoms. The normalized spacial score (nSPS) is 21.6. The summed E-state index contributed by atoms with van der Waals surface area (Å²) in [5, 5.41) is 4.21. The minimum absolute atomic E-state index is 0.373. The van der Waals surface area contributed by atoms with Gasteiger partial charge in [-0.25, -0.2) is 4.98 Å². The van der Waals surface area contributed by atoms with Crippen LogP contribution in [-0.2, 0) is 6.42 Å². The molecular weight excluding hydrogens is 342 g/mol. The van der Waals surface area contributed by atoms with Crippen molar-refractivity contribution < 1.29 is 9.26 Å². The molecule has 1 saturated heterocycles. The number of aromatic amines is 1. The first-order chi connectivity index (χ1) is 13.2. The number of nitrogens with one attached hydrogen (secondary N) is 1. The fourth-order valence-corrected chi connectivity index (χ4v) is 4.51. The number of imidazole rings is 1. The van der Waals surface area contributed by atoms with Crippen LogP contribution < -0.4 is 9.64 Å². The minimum Gasteiger partial charge on any atom is -0.497 e. The molecule has 140 valence electrons. The molecule has 5 rings (SSSR count). The highest BCUT2D eigenvalue weighted by molar-refractivity contribution is 5.57. The Labute approximate surface area is 157 Å². The molecule has 3 heterocycles. The second kappa shape index (κ2) is 6.40. The molecule has 1 N–H and O–H groups in total. The molecule has 1 fully saturated rings. The number of ether oxygens (including phenoxy) is 1. The first-order valence-corrected chi connectivity index (χ1v) is 9.53. The lowest BCUT2D eigenvalue weighted by Gasteiger charge is -2.42. The van der Waals surface area contributed by atoms with Crippen molar-refractivity contribution in [3.63, 3.8) is 0 Å². The van der Waals surface area contributed by atoms with Crippen LogP contribution in [-0.4, -0.2) is 39.8 Å². The number of rotatable bonds is 3. The molecule has 7 nitrogen and oxygen atoms in total. The van der Waals surface area contributed by atoms with Crippen LogP contribution in [0.1, 0.15) is 42.4 Å². The molecule has 0 saturated carbocycles. The SMILES string of the molecule is COc1ccc(-c2noc(N3CCC[C@H]4c5nc(C)[nH]c5CC[C@H]43)n2)cc1. The fourth-order valence-electron chi connectivity index (χ4n) is 4.51. The van der Waals surface area contributed by atoms with Gasteiger partial charge in [0.2, 0.25) is 5.82 Å². The van der Waals surface area contributed by atoms with Gasteiger partial charge in [0.05, 0.1) is 12.8 Å². The van der Waals surface area contributed by atoms with Gasteiger partial charge >= 0.3 is 6.01 Å². The maximum absolute atomic E-state index is 5.66. The smallest absolute Gasteiger partial charge is 0.324 e. The van der Waals surface area contributed by atoms with Crippen LogP contribution in [0.5, 0.6) is 5.75 Å². The molecule has 0 radical (unpaired) electrons. The van der Waals surface area contributed by atoms with Crippen LogP contribution in [0.25, 0.3) is 11.4 Å². The molecule has 0 amide bonds. The van der Waals surface area contributed by atoms with Crippen molar-refractivity contribution in [3.8, 4) is 17.1 Å². The summed E-state index contributed by atoms with van der Waals surface area (Å²) < 4.78 is 10.9. The van der Waals surface area contributed by atoms with Gasteiger partial charge in [-0.2, -0.15) is 4.98 Å². The zero-order chi connectivity index (χ0) is 18.4. The molecule has 2 atom stereocenters. The Morgan fingerprint density at radius 3 is 2.85 bits per heavy atom. The first-order valence-electron chi connectivity index (χ1n) is 9.53. The maximum Gasteiger partial charge on any atom is 0.324 e. The van der Waals surface area contributed by atoms with Gasteiger partial charge in [0.15, 0.2) is 0 Å². The molecule has 1 aliphatic heterocycles. The Balaban J connectivity index is 1.42. The van der Waals surface area contributed by atoms with E-state index in [1.165, 1.54) is 11.4 Å². The molecule has 1 aromatic carbocycles. The van der Waals surface area contributed by atoms with E-state index < -0.39 is 0 Å². The number of aromatic nitrogens is 4. The van der Waals surface area contributed by atoms with Gasteiger partial charge in [-0.3, -0.25) is 0 Å². The predicted molar refractivity (Wildman–Crippen MR) is 101 cm³/mol. The van der Waals surface area contributed by atoms with E-state index in [-0.39, 0.29) is 0 Å². The van der Waals surface area contributed by atoms with Crippen LogP contribution in [0.2, 0.25) is 0 Å². The van der Waals surface area contributed by atoms with E-state index in [2.05, 4.69) is 15.0 Å². The van der Waals surface area contributed by atoms with E-state index >= 15 is 0 Å². The number of aryl methyl sites for hydroxylation is 2. The highest BCUT2D eigenvalue weighted by Gasteiger charge is 2.40. The molecule has 0 bridgehead atoms. The van der Waals surface area contributed by atoms with E-state index in [9.17, 15) is 0 Å². The second-order valence-corrected chi connectivity index (χ2v) is 7.36. The molecule has 2 aromatic heterocycles. The average molecular weight is 365 g/mol. The highest BCUT2D eigenvalue weighted by atomic mass is 16.5. The Kier molecular flexibility index (Phi) is 3.88. The van der Waals surface area contributed by atoms with Crippen LogP contribution in [0, 0.1) is 6.92 Å². The van der Waals surface area contributed by atoms with Crippen LogP contribution in [0.4, 0.5) is 6.01 Å². The summed E-state index contributed by atoms with van der Waals surface area (Å²) in [6.45, 7) is 2.98. The fraction of sp³-hybridized carbons (Fsp3) is 0.450. The Morgan fingerprint density at radius 2 is 2.04 bits per heavy atom. The van der Waals surface area contributed by atoms with Crippen molar-refractivity contribution in [2.45, 2.75) is 44.6 Å². The van der Waals surface area contributed by atoms with Crippen molar-refractivity contribution in [2.75, 3.05) is 18.6 Å². The summed E-state index contributed by atoms with van der Waals surface area (Å²) in [6, 6.07) is 8.71. The minimum atomic E-state index is 0.373. The standard InChI is InChI=1S/C20H23N5O2/c1-12-21-16-9-10-17-15(18(16)22-12)4-3-11-25(17)20-23-19(24-27-20)13-5-7-14(26-2)8-6-13/h5-8,15,17H,3-4,9-11H2,1-2H3,(H,21,22)/t15-,17-/m1/s1. The number of hydrogen-bond acceptors (Lipinski definition) is 6. The summed E-state index contributed by atoms with van der Waals surface area (Å²) in [7, 11) is 1.66. The molecule has 0 spiro atoms. The van der Waals surface area contributed by atoms with E-state index in [0.717, 1.165) is 49.4 Å². The van der Waals surface area contributed by atoms with Gasteiger partial charge in [0, 0.05) is 29.8 Å². The summed E-state index contributed by atoms with van der Waals surface area (Å²) in [5.74, 6) is 2.87. The number of nitrogens with zero attached hydrogens (tertiary/aromatic N) is 4. The van der Waals surface area contributed by atoms with Crippen molar-refractivity contribution in [1.29, 1.82) is 0 Å². The summed E-state index contributed by atoms with van der Waals surface area (Å²) in [6.07, 6.45) is 4.37. The van der Waals surface area contributed by atoms with Crippen molar-refractivity contribution in [3.05, 3.63) is 41.5 Å². The number of piperidine rings is 1. The van der Waals surface area contributed by atoms with Gasteiger partial charge in [-0.15, -0.1) is 0 Å². The monoisotopic (exact) mass is 365 g/mol. The second-order valence-electron chi connectivity index (χ2n) is 7.36. The Morgan fingerprint density at radius 1 is 1.19 bits per heavy atom. The lowest BCUT2D eigenvalue weighted by Crippen LogP contribution is -2.46. The molecule has 27 heavy (non-hydrogen) atoms. The number of benzene rings is 1. The molecule has 1 aliphatic carbocycles. The molecular formula is C20H23N5O2. The van der Waals surface area contributed by atoms with E-state index in [1.807, 2.05) is 31.2 Å². The quantitative estimate of drug-likeness (QED) is 0.765. The van der Waals surface area contributed by atoms with E-state index in [4.69, 9.17) is 19.2 Å². The van der Waals surface area contributed by atoms with Crippen LogP contribution in [0.3, 0.4) is 0 Å². The van der Waals surface area contributed by atoms with Gasteiger partial charge in [0.25, 0.3) is 0 Å². The summed E-state index contributed by atoms with van der Waals surface area (Å²) in [4.78, 5) is 15.2. The van der Waals surface area contributed by atoms with Gasteiger partial charge in [0.1, 0.15) is 11.6 Å².